The van der Waals surface area contributed by atoms with Gasteiger partial charge in [0, 0.05) is 12.1 Å². The van der Waals surface area contributed by atoms with Crippen molar-refractivity contribution >= 4 is 0 Å². The van der Waals surface area contributed by atoms with Gasteiger partial charge in [-0.05, 0) is 32.4 Å². The maximum absolute atomic E-state index is 5.95. The summed E-state index contributed by atoms with van der Waals surface area (Å²) in [5, 5.41) is 0. The molecular weight excluding hydrogens is 148 g/mol. The minimum Gasteiger partial charge on any atom is -0.328 e. The first-order valence-electron chi connectivity index (χ1n) is 5.27. The van der Waals surface area contributed by atoms with Crippen molar-refractivity contribution in [2.45, 2.75) is 51.6 Å². The molecule has 2 atom stereocenters. The van der Waals surface area contributed by atoms with Gasteiger partial charge in [-0.25, -0.2) is 0 Å². The lowest BCUT2D eigenvalue weighted by atomic mass is 9.90. The zero-order valence-corrected chi connectivity index (χ0v) is 8.42. The molecule has 0 amide bonds. The van der Waals surface area contributed by atoms with E-state index in [0.29, 0.717) is 6.04 Å². The van der Waals surface area contributed by atoms with E-state index >= 15 is 0 Å². The molecule has 12 heavy (non-hydrogen) atoms. The number of rotatable bonds is 3. The molecule has 1 fully saturated rings. The Labute approximate surface area is 76.1 Å². The maximum atomic E-state index is 5.95. The summed E-state index contributed by atoms with van der Waals surface area (Å²) in [5.74, 6) is 0. The molecule has 2 N–H and O–H groups in total. The first kappa shape index (κ1) is 10.0. The molecule has 1 aliphatic rings. The van der Waals surface area contributed by atoms with E-state index < -0.39 is 0 Å². The first-order chi connectivity index (χ1) is 5.77. The molecule has 1 aliphatic carbocycles. The highest BCUT2D eigenvalue weighted by atomic mass is 15.1. The predicted molar refractivity (Wildman–Crippen MR) is 53.2 cm³/mol. The van der Waals surface area contributed by atoms with Crippen LogP contribution < -0.4 is 5.73 Å². The van der Waals surface area contributed by atoms with E-state index in [9.17, 15) is 0 Å². The standard InChI is InChI=1S/C10H22N2/c1-3-12(4-2)10-7-5-6-9(11)8-10/h9-10H,3-8,11H2,1-2H3. The summed E-state index contributed by atoms with van der Waals surface area (Å²) >= 11 is 0. The summed E-state index contributed by atoms with van der Waals surface area (Å²) in [6, 6.07) is 1.23. The molecule has 0 aromatic carbocycles. The summed E-state index contributed by atoms with van der Waals surface area (Å²) in [5.41, 5.74) is 5.95. The summed E-state index contributed by atoms with van der Waals surface area (Å²) in [6.07, 6.45) is 5.12. The van der Waals surface area contributed by atoms with Crippen LogP contribution in [0.1, 0.15) is 39.5 Å². The second-order valence-corrected chi connectivity index (χ2v) is 3.80. The van der Waals surface area contributed by atoms with E-state index in [-0.39, 0.29) is 0 Å². The van der Waals surface area contributed by atoms with Gasteiger partial charge < -0.3 is 10.6 Å². The molecule has 0 spiro atoms. The third-order valence-electron chi connectivity index (χ3n) is 3.02. The van der Waals surface area contributed by atoms with Gasteiger partial charge >= 0.3 is 0 Å². The van der Waals surface area contributed by atoms with Crippen LogP contribution in [0, 0.1) is 0 Å². The molecule has 2 nitrogen and oxygen atoms in total. The van der Waals surface area contributed by atoms with E-state index in [1.807, 2.05) is 0 Å². The molecule has 0 saturated heterocycles. The van der Waals surface area contributed by atoms with Crippen LogP contribution in [0.25, 0.3) is 0 Å². The first-order valence-corrected chi connectivity index (χ1v) is 5.27. The van der Waals surface area contributed by atoms with Crippen molar-refractivity contribution in [3.05, 3.63) is 0 Å². The van der Waals surface area contributed by atoms with Crippen molar-refractivity contribution in [1.82, 2.24) is 4.90 Å². The van der Waals surface area contributed by atoms with Gasteiger partial charge in [0.25, 0.3) is 0 Å². The molecule has 0 aromatic heterocycles. The van der Waals surface area contributed by atoms with Crippen LogP contribution in [0.15, 0.2) is 0 Å². The van der Waals surface area contributed by atoms with Crippen LogP contribution in [0.4, 0.5) is 0 Å². The Balaban J connectivity index is 2.38. The summed E-state index contributed by atoms with van der Waals surface area (Å²) in [6.45, 7) is 6.83. The van der Waals surface area contributed by atoms with Crippen LogP contribution in [0.2, 0.25) is 0 Å². The molecular formula is C10H22N2. The van der Waals surface area contributed by atoms with Crippen LogP contribution in [-0.4, -0.2) is 30.1 Å². The van der Waals surface area contributed by atoms with E-state index in [0.717, 1.165) is 6.04 Å². The van der Waals surface area contributed by atoms with Gasteiger partial charge in [-0.2, -0.15) is 0 Å². The van der Waals surface area contributed by atoms with Crippen LogP contribution in [-0.2, 0) is 0 Å². The number of nitrogens with two attached hydrogens (primary N) is 1. The molecule has 1 rings (SSSR count). The van der Waals surface area contributed by atoms with Crippen molar-refractivity contribution in [3.8, 4) is 0 Å². The fourth-order valence-corrected chi connectivity index (χ4v) is 2.27. The van der Waals surface area contributed by atoms with Gasteiger partial charge in [0.1, 0.15) is 0 Å². The average molecular weight is 170 g/mol. The Morgan fingerprint density at radius 1 is 1.25 bits per heavy atom. The molecule has 0 aliphatic heterocycles. The smallest absolute Gasteiger partial charge is 0.0110 e. The summed E-state index contributed by atoms with van der Waals surface area (Å²) in [4.78, 5) is 2.54. The SMILES string of the molecule is CCN(CC)C1CCCC(N)C1. The lowest BCUT2D eigenvalue weighted by molar-refractivity contribution is 0.162. The number of hydrogen-bond donors (Lipinski definition) is 1. The van der Waals surface area contributed by atoms with Crippen molar-refractivity contribution in [3.63, 3.8) is 0 Å². The van der Waals surface area contributed by atoms with Crippen molar-refractivity contribution < 1.29 is 0 Å². The summed E-state index contributed by atoms with van der Waals surface area (Å²) in [7, 11) is 0. The quantitative estimate of drug-likeness (QED) is 0.697. The molecule has 1 saturated carbocycles. The Bertz CT molecular complexity index is 121. The third kappa shape index (κ3) is 2.46. The van der Waals surface area contributed by atoms with Crippen molar-refractivity contribution in [1.29, 1.82) is 0 Å². The molecule has 0 aromatic rings. The molecule has 72 valence electrons. The number of hydrogen-bond acceptors (Lipinski definition) is 2. The maximum Gasteiger partial charge on any atom is 0.0110 e. The second kappa shape index (κ2) is 4.83. The predicted octanol–water partition coefficient (Wildman–Crippen LogP) is 1.60. The molecule has 2 unspecified atom stereocenters. The lowest BCUT2D eigenvalue weighted by Crippen LogP contribution is -2.42. The van der Waals surface area contributed by atoms with Gasteiger partial charge in [-0.3, -0.25) is 0 Å². The van der Waals surface area contributed by atoms with Crippen LogP contribution in [0.5, 0.6) is 0 Å². The Morgan fingerprint density at radius 3 is 2.42 bits per heavy atom. The Hall–Kier alpha value is -0.0800. The van der Waals surface area contributed by atoms with Crippen LogP contribution >= 0.6 is 0 Å². The minimum absolute atomic E-state index is 0.462. The van der Waals surface area contributed by atoms with Gasteiger partial charge in [0.2, 0.25) is 0 Å². The minimum atomic E-state index is 0.462. The largest absolute Gasteiger partial charge is 0.328 e. The number of nitrogens with zero attached hydrogens (tertiary/aromatic N) is 1. The highest BCUT2D eigenvalue weighted by molar-refractivity contribution is 4.81. The van der Waals surface area contributed by atoms with E-state index in [4.69, 9.17) is 5.73 Å². The van der Waals surface area contributed by atoms with E-state index in [1.165, 1.54) is 38.8 Å². The molecule has 2 heteroatoms. The fourth-order valence-electron chi connectivity index (χ4n) is 2.27. The van der Waals surface area contributed by atoms with Gasteiger partial charge in [0.15, 0.2) is 0 Å². The second-order valence-electron chi connectivity index (χ2n) is 3.80. The monoisotopic (exact) mass is 170 g/mol. The van der Waals surface area contributed by atoms with E-state index in [2.05, 4.69) is 18.7 Å². The van der Waals surface area contributed by atoms with Crippen LogP contribution in [0.3, 0.4) is 0 Å². The highest BCUT2D eigenvalue weighted by Gasteiger charge is 2.22. The average Bonchev–Trinajstić information content (AvgIpc) is 2.07. The Morgan fingerprint density at radius 2 is 1.92 bits per heavy atom. The zero-order valence-electron chi connectivity index (χ0n) is 8.42. The zero-order chi connectivity index (χ0) is 8.97. The topological polar surface area (TPSA) is 29.3 Å². The van der Waals surface area contributed by atoms with Crippen molar-refractivity contribution in [2.24, 2.45) is 5.73 Å². The molecule has 0 bridgehead atoms. The lowest BCUT2D eigenvalue weighted by Gasteiger charge is -2.35. The van der Waals surface area contributed by atoms with Crippen molar-refractivity contribution in [2.75, 3.05) is 13.1 Å². The van der Waals surface area contributed by atoms with Gasteiger partial charge in [-0.1, -0.05) is 20.3 Å². The van der Waals surface area contributed by atoms with Gasteiger partial charge in [-0.15, -0.1) is 0 Å². The highest BCUT2D eigenvalue weighted by Crippen LogP contribution is 2.21. The fraction of sp³-hybridized carbons (Fsp3) is 1.00. The molecule has 0 radical (unpaired) electrons. The Kier molecular flexibility index (Phi) is 4.02. The van der Waals surface area contributed by atoms with Gasteiger partial charge in [0.05, 0.1) is 0 Å². The summed E-state index contributed by atoms with van der Waals surface area (Å²) < 4.78 is 0. The molecule has 0 heterocycles. The normalized spacial score (nSPS) is 31.0. The third-order valence-corrected chi connectivity index (χ3v) is 3.02. The van der Waals surface area contributed by atoms with E-state index in [1.54, 1.807) is 0 Å².